The second-order valence-electron chi connectivity index (χ2n) is 21.5. The normalized spacial score (nSPS) is 25.3. The number of allylic oxidation sites excluding steroid dienone is 10. The summed E-state index contributed by atoms with van der Waals surface area (Å²) in [5.41, 5.74) is 0. The molecule has 442 valence electrons. The van der Waals surface area contributed by atoms with E-state index in [9.17, 15) is 45.6 Å². The topological polar surface area (TPSA) is 228 Å². The summed E-state index contributed by atoms with van der Waals surface area (Å²) >= 11 is 0. The number of rotatable bonds is 48. The predicted molar refractivity (Wildman–Crippen MR) is 304 cm³/mol. The highest BCUT2D eigenvalue weighted by atomic mass is 16.7. The standard InChI is InChI=1S/C62H111NO13/c1-3-5-7-9-11-13-15-17-19-21-22-23-24-25-26-27-28-30-32-34-36-38-40-42-44-46-54(67)63-50(51(66)45-43-41-39-37-35-33-31-29-20-18-16-14-12-10-8-6-4-2)49-73-61-59(72)57(70)60(53(48-65)75-61)76-62-58(71)56(69)55(68)52(47-64)74-62/h5,7,11,13,17,19,22-23,25-26,50-53,55-62,64-66,68-72H,3-4,6,8-10,12,14-16,18,20-21,24,27-49H2,1-2H3,(H,63,67)/b7-5-,13-11-,19-17-,23-22-,26-25-. The van der Waals surface area contributed by atoms with Crippen molar-refractivity contribution >= 4 is 5.91 Å². The van der Waals surface area contributed by atoms with Crippen molar-refractivity contribution in [3.63, 3.8) is 0 Å². The lowest BCUT2D eigenvalue weighted by molar-refractivity contribution is -0.359. The summed E-state index contributed by atoms with van der Waals surface area (Å²) in [4.78, 5) is 13.3. The molecule has 14 heteroatoms. The average Bonchev–Trinajstić information content (AvgIpc) is 3.42. The molecule has 2 saturated heterocycles. The molecule has 0 saturated carbocycles. The number of nitrogens with one attached hydrogen (secondary N) is 1. The van der Waals surface area contributed by atoms with Crippen LogP contribution < -0.4 is 5.32 Å². The van der Waals surface area contributed by atoms with Crippen molar-refractivity contribution in [2.45, 2.75) is 306 Å². The SMILES string of the molecule is CC/C=C\C/C=C\C/C=C\C/C=C\C/C=C\CCCCCCCCCCCC(=O)NC(COC1OC(CO)C(OC2OC(CO)C(O)C(O)C2O)C(O)C1O)C(O)CCCCCCCCCCCCCCCCCCC. The summed E-state index contributed by atoms with van der Waals surface area (Å²) in [6, 6.07) is -0.835. The zero-order valence-electron chi connectivity index (χ0n) is 47.5. The van der Waals surface area contributed by atoms with Crippen LogP contribution in [0.15, 0.2) is 60.8 Å². The molecule has 0 spiro atoms. The van der Waals surface area contributed by atoms with Crippen molar-refractivity contribution in [2.75, 3.05) is 19.8 Å². The lowest BCUT2D eigenvalue weighted by Gasteiger charge is -2.46. The van der Waals surface area contributed by atoms with Gasteiger partial charge in [0.25, 0.3) is 0 Å². The van der Waals surface area contributed by atoms with Gasteiger partial charge in [-0.05, 0) is 57.8 Å². The van der Waals surface area contributed by atoms with E-state index in [1.807, 2.05) is 0 Å². The Morgan fingerprint density at radius 3 is 1.39 bits per heavy atom. The van der Waals surface area contributed by atoms with E-state index in [1.54, 1.807) is 0 Å². The van der Waals surface area contributed by atoms with E-state index in [4.69, 9.17) is 18.9 Å². The first kappa shape index (κ1) is 69.8. The zero-order valence-corrected chi connectivity index (χ0v) is 47.5. The smallest absolute Gasteiger partial charge is 0.220 e. The molecule has 2 fully saturated rings. The Morgan fingerprint density at radius 2 is 0.908 bits per heavy atom. The van der Waals surface area contributed by atoms with Gasteiger partial charge in [0.2, 0.25) is 5.91 Å². The Kier molecular flexibility index (Phi) is 43.6. The number of unbranched alkanes of at least 4 members (excludes halogenated alkanes) is 25. The summed E-state index contributed by atoms with van der Waals surface area (Å²) in [6.45, 7) is 2.75. The van der Waals surface area contributed by atoms with E-state index in [2.05, 4.69) is 79.9 Å². The Bertz CT molecular complexity index is 1510. The third kappa shape index (κ3) is 32.7. The molecule has 0 aromatic rings. The molecular formula is C62H111NO13. The number of aliphatic hydroxyl groups is 8. The van der Waals surface area contributed by atoms with Crippen LogP contribution in [-0.4, -0.2) is 140 Å². The molecule has 76 heavy (non-hydrogen) atoms. The molecule has 2 aliphatic heterocycles. The number of hydrogen-bond donors (Lipinski definition) is 9. The van der Waals surface area contributed by atoms with Gasteiger partial charge >= 0.3 is 0 Å². The van der Waals surface area contributed by atoms with E-state index in [-0.39, 0.29) is 12.5 Å². The summed E-state index contributed by atoms with van der Waals surface area (Å²) in [5.74, 6) is -0.214. The van der Waals surface area contributed by atoms with Gasteiger partial charge in [-0.25, -0.2) is 0 Å². The van der Waals surface area contributed by atoms with Crippen LogP contribution in [0.5, 0.6) is 0 Å². The van der Waals surface area contributed by atoms with Crippen molar-refractivity contribution in [2.24, 2.45) is 0 Å². The molecular weight excluding hydrogens is 967 g/mol. The fraction of sp³-hybridized carbons (Fsp3) is 0.823. The second-order valence-corrected chi connectivity index (χ2v) is 21.5. The Morgan fingerprint density at radius 1 is 0.487 bits per heavy atom. The van der Waals surface area contributed by atoms with E-state index < -0.39 is 86.8 Å². The van der Waals surface area contributed by atoms with Crippen LogP contribution in [0.25, 0.3) is 0 Å². The molecule has 2 rings (SSSR count). The van der Waals surface area contributed by atoms with Gasteiger partial charge in [-0.3, -0.25) is 4.79 Å². The molecule has 1 amide bonds. The van der Waals surface area contributed by atoms with Crippen molar-refractivity contribution in [1.82, 2.24) is 5.32 Å². The van der Waals surface area contributed by atoms with Crippen LogP contribution in [0.1, 0.15) is 232 Å². The van der Waals surface area contributed by atoms with Gasteiger partial charge in [-0.15, -0.1) is 0 Å². The highest BCUT2D eigenvalue weighted by Gasteiger charge is 2.51. The molecule has 9 N–H and O–H groups in total. The minimum Gasteiger partial charge on any atom is -0.394 e. The first-order chi connectivity index (χ1) is 37.1. The maximum absolute atomic E-state index is 13.3. The van der Waals surface area contributed by atoms with E-state index >= 15 is 0 Å². The molecule has 0 aromatic carbocycles. The zero-order chi connectivity index (χ0) is 55.3. The van der Waals surface area contributed by atoms with Gasteiger partial charge in [0.05, 0.1) is 32.0 Å². The van der Waals surface area contributed by atoms with E-state index in [1.165, 1.54) is 116 Å². The number of carbonyl (C=O) groups is 1. The van der Waals surface area contributed by atoms with Gasteiger partial charge in [-0.1, -0.05) is 229 Å². The van der Waals surface area contributed by atoms with Gasteiger partial charge in [0.15, 0.2) is 12.6 Å². The molecule has 14 nitrogen and oxygen atoms in total. The monoisotopic (exact) mass is 1080 g/mol. The summed E-state index contributed by atoms with van der Waals surface area (Å²) in [5, 5.41) is 87.3. The molecule has 12 unspecified atom stereocenters. The molecule has 0 bridgehead atoms. The van der Waals surface area contributed by atoms with E-state index in [0.29, 0.717) is 19.3 Å². The van der Waals surface area contributed by atoms with Gasteiger partial charge in [-0.2, -0.15) is 0 Å². The molecule has 0 radical (unpaired) electrons. The van der Waals surface area contributed by atoms with Crippen LogP contribution in [0.3, 0.4) is 0 Å². The second kappa shape index (κ2) is 47.5. The summed E-state index contributed by atoms with van der Waals surface area (Å²) < 4.78 is 22.8. The van der Waals surface area contributed by atoms with Crippen molar-refractivity contribution in [3.05, 3.63) is 60.8 Å². The van der Waals surface area contributed by atoms with Crippen molar-refractivity contribution in [1.29, 1.82) is 0 Å². The quantitative estimate of drug-likeness (QED) is 0.0204. The number of amides is 1. The van der Waals surface area contributed by atoms with Crippen molar-refractivity contribution in [3.8, 4) is 0 Å². The fourth-order valence-corrected chi connectivity index (χ4v) is 9.85. The van der Waals surface area contributed by atoms with Crippen LogP contribution in [0, 0.1) is 0 Å². The largest absolute Gasteiger partial charge is 0.394 e. The first-order valence-electron chi connectivity index (χ1n) is 30.5. The minimum atomic E-state index is -1.78. The van der Waals surface area contributed by atoms with Crippen LogP contribution in [-0.2, 0) is 23.7 Å². The molecule has 12 atom stereocenters. The number of carbonyl (C=O) groups excluding carboxylic acids is 1. The fourth-order valence-electron chi connectivity index (χ4n) is 9.85. The highest BCUT2D eigenvalue weighted by molar-refractivity contribution is 5.76. The summed E-state index contributed by atoms with van der Waals surface area (Å²) in [6.07, 6.45) is 43.5. The Balaban J connectivity index is 1.74. The van der Waals surface area contributed by atoms with E-state index in [0.717, 1.165) is 83.5 Å². The van der Waals surface area contributed by atoms with Gasteiger partial charge < -0.3 is 65.1 Å². The number of hydrogen-bond acceptors (Lipinski definition) is 13. The van der Waals surface area contributed by atoms with Gasteiger partial charge in [0, 0.05) is 6.42 Å². The Hall–Kier alpha value is -2.31. The highest BCUT2D eigenvalue weighted by Crippen LogP contribution is 2.30. The maximum atomic E-state index is 13.3. The maximum Gasteiger partial charge on any atom is 0.220 e. The van der Waals surface area contributed by atoms with Crippen LogP contribution in [0.2, 0.25) is 0 Å². The first-order valence-corrected chi connectivity index (χ1v) is 30.5. The molecule has 2 heterocycles. The minimum absolute atomic E-state index is 0.214. The van der Waals surface area contributed by atoms with Gasteiger partial charge in [0.1, 0.15) is 48.8 Å². The van der Waals surface area contributed by atoms with Crippen LogP contribution >= 0.6 is 0 Å². The third-order valence-corrected chi connectivity index (χ3v) is 14.7. The third-order valence-electron chi connectivity index (χ3n) is 14.7. The number of ether oxygens (including phenoxy) is 4. The lowest BCUT2D eigenvalue weighted by atomic mass is 9.97. The van der Waals surface area contributed by atoms with Crippen LogP contribution in [0.4, 0.5) is 0 Å². The Labute approximate surface area is 460 Å². The average molecular weight is 1080 g/mol. The lowest BCUT2D eigenvalue weighted by Crippen LogP contribution is -2.65. The summed E-state index contributed by atoms with van der Waals surface area (Å²) in [7, 11) is 0. The predicted octanol–water partition coefficient (Wildman–Crippen LogP) is 10.6. The van der Waals surface area contributed by atoms with Crippen molar-refractivity contribution < 1.29 is 64.6 Å². The molecule has 2 aliphatic rings. The molecule has 0 aliphatic carbocycles. The number of aliphatic hydroxyl groups excluding tert-OH is 8. The molecule has 0 aromatic heterocycles.